The fraction of sp³-hybridized carbons (Fsp3) is 0.115. The van der Waals surface area contributed by atoms with Gasteiger partial charge in [-0.1, -0.05) is 77.5 Å². The molecule has 0 saturated heterocycles. The van der Waals surface area contributed by atoms with Crippen LogP contribution < -0.4 is 25.2 Å². The summed E-state index contributed by atoms with van der Waals surface area (Å²) in [6, 6.07) is 35.0. The number of phenols is 1. The van der Waals surface area contributed by atoms with Crippen LogP contribution in [-0.2, 0) is 20.2 Å². The van der Waals surface area contributed by atoms with Crippen LogP contribution in [0.1, 0.15) is 45.7 Å². The molecule has 0 aliphatic heterocycles. The molecule has 0 bridgehead atoms. The second-order valence-electron chi connectivity index (χ2n) is 16.0. The van der Waals surface area contributed by atoms with Crippen LogP contribution in [0, 0.1) is 13.8 Å². The maximum atomic E-state index is 13.4. The van der Waals surface area contributed by atoms with Gasteiger partial charge in [-0.05, 0) is 135 Å². The van der Waals surface area contributed by atoms with E-state index in [0.717, 1.165) is 6.07 Å². The third-order valence-corrected chi connectivity index (χ3v) is 13.3. The number of aromatic hydroxyl groups is 1. The molecule has 0 aromatic heterocycles. The number of nitrogens with zero attached hydrogens (tertiary/aromatic N) is 4. The van der Waals surface area contributed by atoms with E-state index in [2.05, 4.69) is 31.1 Å². The number of amides is 2. The van der Waals surface area contributed by atoms with Crippen LogP contribution >= 0.6 is 23.2 Å². The second kappa shape index (κ2) is 24.7. The molecule has 0 fully saturated rings. The van der Waals surface area contributed by atoms with Crippen LogP contribution in [0.5, 0.6) is 23.0 Å². The number of anilines is 2. The van der Waals surface area contributed by atoms with Gasteiger partial charge < -0.3 is 34.9 Å². The van der Waals surface area contributed by atoms with Gasteiger partial charge in [0.05, 0.1) is 29.4 Å². The molecule has 75 heavy (non-hydrogen) atoms. The van der Waals surface area contributed by atoms with E-state index < -0.39 is 53.3 Å². The number of nitrogens with one attached hydrogen (secondary N) is 2. The first-order valence-electron chi connectivity index (χ1n) is 22.1. The van der Waals surface area contributed by atoms with Gasteiger partial charge in [-0.2, -0.15) is 13.5 Å². The van der Waals surface area contributed by atoms with Crippen molar-refractivity contribution in [2.45, 2.75) is 37.5 Å². The van der Waals surface area contributed by atoms with Crippen LogP contribution in [-0.4, -0.2) is 93.8 Å². The van der Waals surface area contributed by atoms with Crippen LogP contribution in [0.25, 0.3) is 21.5 Å². The molecule has 8 aromatic carbocycles. The Kier molecular flexibility index (Phi) is 19.0. The van der Waals surface area contributed by atoms with Crippen molar-refractivity contribution >= 4 is 149 Å². The second-order valence-corrected chi connectivity index (χ2v) is 19.5. The Morgan fingerprint density at radius 2 is 1.01 bits per heavy atom. The molecular weight excluding hydrogens is 1080 g/mol. The minimum atomic E-state index is -4.91. The zero-order valence-corrected chi connectivity index (χ0v) is 45.5. The van der Waals surface area contributed by atoms with E-state index in [0.29, 0.717) is 57.6 Å². The van der Waals surface area contributed by atoms with Gasteiger partial charge in [0.1, 0.15) is 43.6 Å². The fourth-order valence-electron chi connectivity index (χ4n) is 7.61. The molecule has 0 spiro atoms. The number of fused-ring (bicyclic) bond motifs is 2. The predicted molar refractivity (Wildman–Crippen MR) is 284 cm³/mol. The number of hydrogen-bond donors (Lipinski definition) is 4. The average Bonchev–Trinajstić information content (AvgIpc) is 3.33. The van der Waals surface area contributed by atoms with Gasteiger partial charge in [0.15, 0.2) is 5.75 Å². The topological polar surface area (TPSA) is 281 Å². The average molecular weight is 1120 g/mol. The first-order chi connectivity index (χ1) is 35.2. The zero-order valence-electron chi connectivity index (χ0n) is 40.2. The van der Waals surface area contributed by atoms with Crippen molar-refractivity contribution in [2.24, 2.45) is 20.5 Å². The number of benzene rings is 8. The van der Waals surface area contributed by atoms with Crippen molar-refractivity contribution in [3.63, 3.8) is 0 Å². The van der Waals surface area contributed by atoms with E-state index >= 15 is 0 Å². The largest absolute Gasteiger partial charge is 2.00 e. The number of ether oxygens (including phenoxy) is 2. The van der Waals surface area contributed by atoms with Gasteiger partial charge >= 0.3 is 37.7 Å². The summed E-state index contributed by atoms with van der Waals surface area (Å²) in [4.78, 5) is 25.1. The summed E-state index contributed by atoms with van der Waals surface area (Å²) in [7, 11) is -9.56. The third-order valence-electron chi connectivity index (χ3n) is 10.8. The van der Waals surface area contributed by atoms with E-state index in [4.69, 9.17) is 32.7 Å². The van der Waals surface area contributed by atoms with Gasteiger partial charge in [-0.3, -0.25) is 14.1 Å². The number of rotatable bonds is 14. The molecule has 0 aliphatic carbocycles. The molecule has 0 heterocycles. The molecule has 8 rings (SSSR count). The summed E-state index contributed by atoms with van der Waals surface area (Å²) in [6.07, 6.45) is 0. The molecule has 0 unspecified atom stereocenters. The monoisotopic (exact) mass is 1120 g/mol. The van der Waals surface area contributed by atoms with E-state index in [-0.39, 0.29) is 92.8 Å². The maximum Gasteiger partial charge on any atom is 2.00 e. The molecule has 18 nitrogen and oxygen atoms in total. The first kappa shape index (κ1) is 57.6. The molecule has 4 N–H and O–H groups in total. The Morgan fingerprint density at radius 1 is 0.600 bits per heavy atom. The van der Waals surface area contributed by atoms with Gasteiger partial charge in [0.25, 0.3) is 21.9 Å². The van der Waals surface area contributed by atoms with Gasteiger partial charge in [-0.25, -0.2) is 8.42 Å². The summed E-state index contributed by atoms with van der Waals surface area (Å²) < 4.78 is 79.9. The quantitative estimate of drug-likeness (QED) is 0.0449. The molecule has 0 atom stereocenters. The molecule has 2 amide bonds. The van der Waals surface area contributed by atoms with E-state index in [1.54, 1.807) is 97.1 Å². The van der Waals surface area contributed by atoms with Crippen LogP contribution in [0.3, 0.4) is 0 Å². The molecule has 380 valence electrons. The summed E-state index contributed by atoms with van der Waals surface area (Å²) >= 11 is 12.1. The van der Waals surface area contributed by atoms with Gasteiger partial charge in [0, 0.05) is 37.8 Å². The van der Waals surface area contributed by atoms with Gasteiger partial charge in [-0.15, -0.1) is 15.3 Å². The Morgan fingerprint density at radius 3 is 1.48 bits per heavy atom. The number of carbonyl (C=O) groups is 2. The van der Waals surface area contributed by atoms with Gasteiger partial charge in [0.2, 0.25) is 0 Å². The third kappa shape index (κ3) is 14.0. The number of carbonyl (C=O) groups excluding carboxylic acids is 2. The Bertz CT molecular complexity index is 3530. The number of hydrogen-bond acceptors (Lipinski definition) is 15. The number of halogens is 2. The molecular formula is C52H42CaCl2N6O12S2. The van der Waals surface area contributed by atoms with Crippen LogP contribution in [0.15, 0.2) is 164 Å². The maximum absolute atomic E-state index is 13.4. The number of aryl methyl sites for hydroxylation is 2. The van der Waals surface area contributed by atoms with Crippen molar-refractivity contribution in [2.75, 3.05) is 23.8 Å². The van der Waals surface area contributed by atoms with Crippen molar-refractivity contribution in [3.8, 4) is 23.0 Å². The smallest absolute Gasteiger partial charge is 0.870 e. The summed E-state index contributed by atoms with van der Waals surface area (Å²) in [5.74, 6) is -1.17. The van der Waals surface area contributed by atoms with E-state index in [9.17, 15) is 45.7 Å². The first-order valence-corrected chi connectivity index (χ1v) is 25.7. The van der Waals surface area contributed by atoms with Crippen molar-refractivity contribution in [1.29, 1.82) is 0 Å². The SMILES string of the molecule is CCOc1ccc(NC(=O)c2cc3ccccc3c(N=Nc3cc(Cl)cc(C)c3S(=O)(=O)O)c2O)cc1.CCOc1ccc(NC(=O)c2cc3ccccc3c(N=Nc3cc(Cl)cc(C)c3S(=O)(=O)[O-])c2[O-])cc1.[Ca+2]. The van der Waals surface area contributed by atoms with E-state index in [1.165, 1.54) is 44.2 Å². The van der Waals surface area contributed by atoms with Crippen molar-refractivity contribution in [1.82, 2.24) is 0 Å². The normalized spacial score (nSPS) is 11.5. The minimum Gasteiger partial charge on any atom is -0.870 e. The minimum absolute atomic E-state index is 0. The molecule has 23 heteroatoms. The van der Waals surface area contributed by atoms with Crippen molar-refractivity contribution < 1.29 is 55.2 Å². The molecule has 0 saturated carbocycles. The van der Waals surface area contributed by atoms with Crippen LogP contribution in [0.2, 0.25) is 10.0 Å². The summed E-state index contributed by atoms with van der Waals surface area (Å²) in [5.41, 5.74) is 0.136. The summed E-state index contributed by atoms with van der Waals surface area (Å²) in [6.45, 7) is 7.58. The Hall–Kier alpha value is -6.72. The Labute approximate surface area is 470 Å². The predicted octanol–water partition coefficient (Wildman–Crippen LogP) is 12.3. The van der Waals surface area contributed by atoms with Crippen LogP contribution in [0.4, 0.5) is 34.1 Å². The summed E-state index contributed by atoms with van der Waals surface area (Å²) in [5, 5.41) is 48.0. The standard InChI is InChI=1S/2C26H22ClN3O6S.Ca/c2*1-3-36-19-10-8-18(9-11-19)28-26(32)21-13-16-6-4-5-7-20(16)23(24(21)31)30-29-22-14-17(27)12-15(2)25(22)37(33,34)35;/h2*4-14,31H,3H2,1-2H3,(H,28,32)(H,33,34,35);/q;;+2/p-2. The zero-order chi connectivity index (χ0) is 53.5. The van der Waals surface area contributed by atoms with E-state index in [1.807, 2.05) is 13.8 Å². The molecule has 8 aromatic rings. The number of azo groups is 2. The Balaban J connectivity index is 0.000000241. The van der Waals surface area contributed by atoms with Crippen molar-refractivity contribution in [3.05, 3.63) is 166 Å². The fourth-order valence-corrected chi connectivity index (χ4v) is 9.78. The molecule has 0 radical (unpaired) electrons. The number of phenolic OH excluding ortho intramolecular Hbond substituents is 1. The molecule has 0 aliphatic rings.